The Labute approximate surface area is 264 Å². The molecule has 0 aliphatic carbocycles. The van der Waals surface area contributed by atoms with E-state index in [9.17, 15) is 28.0 Å². The largest absolute Gasteiger partial charge is 0.453 e. The van der Waals surface area contributed by atoms with Crippen molar-refractivity contribution in [3.63, 3.8) is 0 Å². The van der Waals surface area contributed by atoms with Crippen molar-refractivity contribution < 1.29 is 27.9 Å². The Morgan fingerprint density at radius 2 is 1.96 bits per heavy atom. The second kappa shape index (κ2) is 13.6. The Morgan fingerprint density at radius 1 is 1.17 bits per heavy atom. The minimum atomic E-state index is -3.01. The number of tetrazole rings is 1. The summed E-state index contributed by atoms with van der Waals surface area (Å²) in [5, 5.41) is 23.1. The molecule has 1 atom stereocenters. The zero-order chi connectivity index (χ0) is 32.8. The number of amides is 3. The highest BCUT2D eigenvalue weighted by Gasteiger charge is 2.40. The molecule has 3 heterocycles. The molecular formula is C29H26ClF2N9O5. The number of alkyl halides is 2. The number of H-pyrrole nitrogens is 1. The molecule has 4 aromatic rings. The van der Waals surface area contributed by atoms with E-state index in [1.165, 1.54) is 36.3 Å². The van der Waals surface area contributed by atoms with Crippen LogP contribution in [0.2, 0.25) is 5.02 Å². The van der Waals surface area contributed by atoms with E-state index in [-0.39, 0.29) is 17.8 Å². The molecule has 0 bridgehead atoms. The SMILES string of the molecule is COC(=O)Nc1ccc(-c2cc(C(CC(=O)N3CCC(F)(F)C3)NC(=O)C=Cc3cc(Cl)ccc3-n3cnnn3)n[nH]c2=O)cc1. The van der Waals surface area contributed by atoms with Crippen LogP contribution in [-0.4, -0.2) is 79.3 Å². The normalized spacial score (nSPS) is 14.7. The van der Waals surface area contributed by atoms with Crippen molar-refractivity contribution in [3.05, 3.63) is 87.6 Å². The maximum atomic E-state index is 13.9. The molecule has 3 N–H and O–H groups in total. The second-order valence-electron chi connectivity index (χ2n) is 10.2. The molecule has 5 rings (SSSR count). The third-order valence-corrected chi connectivity index (χ3v) is 7.26. The first-order chi connectivity index (χ1) is 22.0. The van der Waals surface area contributed by atoms with Gasteiger partial charge in [-0.2, -0.15) is 9.78 Å². The summed E-state index contributed by atoms with van der Waals surface area (Å²) in [5.41, 5.74) is 1.56. The van der Waals surface area contributed by atoms with E-state index in [2.05, 4.69) is 41.1 Å². The van der Waals surface area contributed by atoms with Crippen LogP contribution in [0, 0.1) is 0 Å². The Kier molecular flexibility index (Phi) is 9.46. The van der Waals surface area contributed by atoms with E-state index in [1.54, 1.807) is 42.5 Å². The molecule has 1 fully saturated rings. The van der Waals surface area contributed by atoms with Crippen molar-refractivity contribution in [1.29, 1.82) is 0 Å². The van der Waals surface area contributed by atoms with E-state index in [4.69, 9.17) is 11.6 Å². The molecule has 3 amide bonds. The zero-order valence-corrected chi connectivity index (χ0v) is 24.9. The Bertz CT molecular complexity index is 1830. The molecule has 0 spiro atoms. The maximum absolute atomic E-state index is 13.9. The number of hydrogen-bond acceptors (Lipinski definition) is 9. The van der Waals surface area contributed by atoms with Crippen LogP contribution in [0.15, 0.2) is 65.7 Å². The number of halogens is 3. The van der Waals surface area contributed by atoms with Gasteiger partial charge in [0, 0.05) is 35.3 Å². The Hall–Kier alpha value is -5.51. The number of likely N-dealkylation sites (tertiary alicyclic amines) is 1. The van der Waals surface area contributed by atoms with Gasteiger partial charge < -0.3 is 15.0 Å². The first-order valence-electron chi connectivity index (χ1n) is 13.7. The highest BCUT2D eigenvalue weighted by atomic mass is 35.5. The molecule has 2 aromatic heterocycles. The van der Waals surface area contributed by atoms with E-state index in [1.807, 2.05) is 0 Å². The fourth-order valence-corrected chi connectivity index (χ4v) is 4.90. The number of nitrogens with zero attached hydrogens (tertiary/aromatic N) is 6. The van der Waals surface area contributed by atoms with E-state index >= 15 is 0 Å². The molecule has 0 saturated carbocycles. The van der Waals surface area contributed by atoms with Gasteiger partial charge in [-0.25, -0.2) is 18.7 Å². The van der Waals surface area contributed by atoms with Gasteiger partial charge in [-0.3, -0.25) is 19.7 Å². The van der Waals surface area contributed by atoms with Crippen LogP contribution in [0.1, 0.15) is 30.1 Å². The molecule has 14 nitrogen and oxygen atoms in total. The molecule has 17 heteroatoms. The maximum Gasteiger partial charge on any atom is 0.411 e. The van der Waals surface area contributed by atoms with Gasteiger partial charge in [0.25, 0.3) is 11.5 Å². The number of hydrogen-bond donors (Lipinski definition) is 3. The smallest absolute Gasteiger partial charge is 0.411 e. The fraction of sp³-hybridized carbons (Fsp3) is 0.241. The first-order valence-corrected chi connectivity index (χ1v) is 14.1. The van der Waals surface area contributed by atoms with E-state index in [0.717, 1.165) is 4.90 Å². The third-order valence-electron chi connectivity index (χ3n) is 7.03. The summed E-state index contributed by atoms with van der Waals surface area (Å²) in [4.78, 5) is 51.6. The fourth-order valence-electron chi connectivity index (χ4n) is 4.72. The van der Waals surface area contributed by atoms with Gasteiger partial charge in [-0.15, -0.1) is 5.10 Å². The number of carbonyl (C=O) groups excluding carboxylic acids is 3. The van der Waals surface area contributed by atoms with E-state index < -0.39 is 54.8 Å². The minimum Gasteiger partial charge on any atom is -0.453 e. The molecule has 2 aromatic carbocycles. The van der Waals surface area contributed by atoms with Gasteiger partial charge in [-0.05, 0) is 58.5 Å². The van der Waals surface area contributed by atoms with Crippen LogP contribution >= 0.6 is 11.6 Å². The molecule has 0 radical (unpaired) electrons. The highest BCUT2D eigenvalue weighted by molar-refractivity contribution is 6.30. The van der Waals surface area contributed by atoms with Crippen LogP contribution < -0.4 is 16.2 Å². The number of carbonyl (C=O) groups is 3. The lowest BCUT2D eigenvalue weighted by Gasteiger charge is -2.22. The van der Waals surface area contributed by atoms with Crippen LogP contribution in [0.4, 0.5) is 19.3 Å². The number of methoxy groups -OCH3 is 1. The number of aromatic amines is 1. The predicted molar refractivity (Wildman–Crippen MR) is 161 cm³/mol. The van der Waals surface area contributed by atoms with Crippen LogP contribution in [0.3, 0.4) is 0 Å². The minimum absolute atomic E-state index is 0.101. The average molecular weight is 654 g/mol. The summed E-state index contributed by atoms with van der Waals surface area (Å²) >= 11 is 6.16. The van der Waals surface area contributed by atoms with Crippen molar-refractivity contribution in [2.45, 2.75) is 24.8 Å². The number of aromatic nitrogens is 6. The number of rotatable bonds is 9. The standard InChI is InChI=1S/C29H26ClF2N9O5/c1-46-28(45)34-20-6-2-17(3-7-20)21-13-23(36-37-27(21)44)22(14-26(43)40-11-10-29(31,32)15-40)35-25(42)9-4-18-12-19(30)5-8-24(18)41-16-33-38-39-41/h2-9,12-13,16,22H,10-11,14-15H2,1H3,(H,34,45)(H,35,42)(H,37,44). The summed E-state index contributed by atoms with van der Waals surface area (Å²) in [6.45, 7) is -0.880. The molecule has 46 heavy (non-hydrogen) atoms. The van der Waals surface area contributed by atoms with Gasteiger partial charge in [0.1, 0.15) is 6.33 Å². The summed E-state index contributed by atoms with van der Waals surface area (Å²) in [6.07, 6.45) is 2.47. The van der Waals surface area contributed by atoms with Crippen molar-refractivity contribution in [2.24, 2.45) is 0 Å². The lowest BCUT2D eigenvalue weighted by atomic mass is 10.0. The number of ether oxygens (including phenoxy) is 1. The van der Waals surface area contributed by atoms with Gasteiger partial charge in [0.2, 0.25) is 11.8 Å². The lowest BCUT2D eigenvalue weighted by molar-refractivity contribution is -0.132. The average Bonchev–Trinajstić information content (AvgIpc) is 3.70. The van der Waals surface area contributed by atoms with Crippen molar-refractivity contribution >= 4 is 41.3 Å². The van der Waals surface area contributed by atoms with Crippen LogP contribution in [-0.2, 0) is 14.3 Å². The topological polar surface area (TPSA) is 177 Å². The molecule has 238 valence electrons. The van der Waals surface area contributed by atoms with E-state index in [0.29, 0.717) is 27.5 Å². The second-order valence-corrected chi connectivity index (χ2v) is 10.6. The molecule has 1 aliphatic heterocycles. The Morgan fingerprint density at radius 3 is 2.63 bits per heavy atom. The monoisotopic (exact) mass is 653 g/mol. The van der Waals surface area contributed by atoms with Gasteiger partial charge in [-0.1, -0.05) is 23.7 Å². The number of anilines is 1. The lowest BCUT2D eigenvalue weighted by Crippen LogP contribution is -2.36. The van der Waals surface area contributed by atoms with Crippen molar-refractivity contribution in [1.82, 2.24) is 40.6 Å². The molecular weight excluding hydrogens is 628 g/mol. The van der Waals surface area contributed by atoms with Gasteiger partial charge in [0.15, 0.2) is 0 Å². The summed E-state index contributed by atoms with van der Waals surface area (Å²) in [7, 11) is 1.22. The van der Waals surface area contributed by atoms with Crippen molar-refractivity contribution in [3.8, 4) is 16.8 Å². The predicted octanol–water partition coefficient (Wildman–Crippen LogP) is 3.37. The van der Waals surface area contributed by atoms with Crippen LogP contribution in [0.5, 0.6) is 0 Å². The third kappa shape index (κ3) is 7.76. The molecule has 1 unspecified atom stereocenters. The van der Waals surface area contributed by atoms with Gasteiger partial charge >= 0.3 is 6.09 Å². The molecule has 1 saturated heterocycles. The van der Waals surface area contributed by atoms with Crippen molar-refractivity contribution in [2.75, 3.05) is 25.5 Å². The zero-order valence-electron chi connectivity index (χ0n) is 24.1. The Balaban J connectivity index is 1.42. The van der Waals surface area contributed by atoms with Crippen LogP contribution in [0.25, 0.3) is 22.9 Å². The highest BCUT2D eigenvalue weighted by Crippen LogP contribution is 2.29. The number of benzene rings is 2. The number of nitrogens with one attached hydrogen (secondary N) is 3. The quantitative estimate of drug-likeness (QED) is 0.229. The first kappa shape index (κ1) is 31.9. The summed E-state index contributed by atoms with van der Waals surface area (Å²) in [5.74, 6) is -4.29. The molecule has 1 aliphatic rings. The van der Waals surface area contributed by atoms with Gasteiger partial charge in [0.05, 0.1) is 43.1 Å². The summed E-state index contributed by atoms with van der Waals surface area (Å²) in [6, 6.07) is 11.4. The summed E-state index contributed by atoms with van der Waals surface area (Å²) < 4.78 is 33.7.